The Hall–Kier alpha value is -2.89. The average Bonchev–Trinajstić information content (AvgIpc) is 2.85. The zero-order valence-electron chi connectivity index (χ0n) is 10.2. The highest BCUT2D eigenvalue weighted by Crippen LogP contribution is 2.23. The van der Waals surface area contributed by atoms with Gasteiger partial charge in [0, 0.05) is 5.39 Å². The summed E-state index contributed by atoms with van der Waals surface area (Å²) in [5, 5.41) is 19.6. The van der Waals surface area contributed by atoms with Crippen LogP contribution < -0.4 is 5.32 Å². The first-order valence-corrected chi connectivity index (χ1v) is 5.88. The van der Waals surface area contributed by atoms with E-state index in [0.717, 1.165) is 29.1 Å². The number of para-hydroxylation sites is 1. The molecule has 0 radical (unpaired) electrons. The number of aromatic amines is 1. The average molecular weight is 271 g/mol. The van der Waals surface area contributed by atoms with E-state index in [-0.39, 0.29) is 11.3 Å². The van der Waals surface area contributed by atoms with E-state index < -0.39 is 11.7 Å². The SMILES string of the molecule is O=C(Nc1n[nH]c2ccccc12)c1cc(F)ccc1O. The molecule has 1 aromatic heterocycles. The minimum absolute atomic E-state index is 0.142. The van der Waals surface area contributed by atoms with Crippen LogP contribution >= 0.6 is 0 Å². The van der Waals surface area contributed by atoms with E-state index in [1.54, 1.807) is 6.07 Å². The highest BCUT2D eigenvalue weighted by Gasteiger charge is 2.15. The molecule has 0 aliphatic carbocycles. The number of fused-ring (bicyclic) bond motifs is 1. The van der Waals surface area contributed by atoms with Crippen LogP contribution in [0.2, 0.25) is 0 Å². The van der Waals surface area contributed by atoms with Crippen molar-refractivity contribution >= 4 is 22.6 Å². The van der Waals surface area contributed by atoms with Crippen molar-refractivity contribution in [2.24, 2.45) is 0 Å². The van der Waals surface area contributed by atoms with Gasteiger partial charge >= 0.3 is 0 Å². The number of amides is 1. The Morgan fingerprint density at radius 2 is 2.05 bits per heavy atom. The number of aromatic nitrogens is 2. The van der Waals surface area contributed by atoms with E-state index in [4.69, 9.17) is 0 Å². The Morgan fingerprint density at radius 1 is 1.25 bits per heavy atom. The molecule has 0 saturated carbocycles. The van der Waals surface area contributed by atoms with E-state index >= 15 is 0 Å². The van der Waals surface area contributed by atoms with Crippen molar-refractivity contribution in [3.05, 3.63) is 53.8 Å². The molecular weight excluding hydrogens is 261 g/mol. The van der Waals surface area contributed by atoms with Crippen molar-refractivity contribution in [3.63, 3.8) is 0 Å². The van der Waals surface area contributed by atoms with Gasteiger partial charge in [0.15, 0.2) is 5.82 Å². The van der Waals surface area contributed by atoms with Crippen molar-refractivity contribution < 1.29 is 14.3 Å². The number of phenols is 1. The summed E-state index contributed by atoms with van der Waals surface area (Å²) in [6.07, 6.45) is 0. The molecule has 3 rings (SSSR count). The van der Waals surface area contributed by atoms with Gasteiger partial charge in [-0.25, -0.2) is 4.39 Å². The Morgan fingerprint density at radius 3 is 2.90 bits per heavy atom. The Labute approximate surface area is 113 Å². The lowest BCUT2D eigenvalue weighted by Crippen LogP contribution is -2.13. The molecule has 0 fully saturated rings. The summed E-state index contributed by atoms with van der Waals surface area (Å²) >= 11 is 0. The molecule has 0 saturated heterocycles. The number of hydrogen-bond donors (Lipinski definition) is 3. The van der Waals surface area contributed by atoms with Crippen molar-refractivity contribution in [1.29, 1.82) is 0 Å². The second-order valence-corrected chi connectivity index (χ2v) is 4.23. The molecule has 1 amide bonds. The number of carbonyl (C=O) groups is 1. The maximum absolute atomic E-state index is 13.1. The Kier molecular flexibility index (Phi) is 2.83. The monoisotopic (exact) mass is 271 g/mol. The summed E-state index contributed by atoms with van der Waals surface area (Å²) in [5.74, 6) is -1.18. The van der Waals surface area contributed by atoms with Crippen LogP contribution in [0.4, 0.5) is 10.2 Å². The highest BCUT2D eigenvalue weighted by atomic mass is 19.1. The van der Waals surface area contributed by atoms with Gasteiger partial charge in [-0.15, -0.1) is 0 Å². The molecule has 0 bridgehead atoms. The maximum Gasteiger partial charge on any atom is 0.260 e. The third-order valence-electron chi connectivity index (χ3n) is 2.91. The van der Waals surface area contributed by atoms with Crippen LogP contribution in [0.1, 0.15) is 10.4 Å². The summed E-state index contributed by atoms with van der Waals surface area (Å²) in [6, 6.07) is 10.4. The third kappa shape index (κ3) is 2.07. The van der Waals surface area contributed by atoms with Gasteiger partial charge in [-0.2, -0.15) is 5.10 Å². The Bertz CT molecular complexity index is 798. The number of benzene rings is 2. The smallest absolute Gasteiger partial charge is 0.260 e. The number of phenolic OH excluding ortho intramolecular Hbond substituents is 1. The molecule has 20 heavy (non-hydrogen) atoms. The first-order chi connectivity index (χ1) is 9.65. The van der Waals surface area contributed by atoms with Gasteiger partial charge in [0.2, 0.25) is 0 Å². The number of rotatable bonds is 2. The number of halogens is 1. The van der Waals surface area contributed by atoms with Crippen molar-refractivity contribution in [2.75, 3.05) is 5.32 Å². The van der Waals surface area contributed by atoms with Crippen molar-refractivity contribution in [2.45, 2.75) is 0 Å². The second-order valence-electron chi connectivity index (χ2n) is 4.23. The molecule has 0 unspecified atom stereocenters. The van der Waals surface area contributed by atoms with E-state index in [2.05, 4.69) is 15.5 Å². The van der Waals surface area contributed by atoms with Crippen LogP contribution in [-0.4, -0.2) is 21.2 Å². The van der Waals surface area contributed by atoms with E-state index in [9.17, 15) is 14.3 Å². The molecule has 5 nitrogen and oxygen atoms in total. The van der Waals surface area contributed by atoms with Gasteiger partial charge in [0.05, 0.1) is 11.1 Å². The van der Waals surface area contributed by atoms with Crippen LogP contribution in [0, 0.1) is 5.82 Å². The minimum atomic E-state index is -0.626. The number of nitrogens with zero attached hydrogens (tertiary/aromatic N) is 1. The number of nitrogens with one attached hydrogen (secondary N) is 2. The zero-order valence-corrected chi connectivity index (χ0v) is 10.2. The van der Waals surface area contributed by atoms with Gasteiger partial charge in [-0.3, -0.25) is 9.89 Å². The number of anilines is 1. The fourth-order valence-corrected chi connectivity index (χ4v) is 1.92. The molecule has 0 aliphatic heterocycles. The number of hydrogen-bond acceptors (Lipinski definition) is 3. The van der Waals surface area contributed by atoms with Crippen LogP contribution in [0.25, 0.3) is 10.9 Å². The van der Waals surface area contributed by atoms with Gasteiger partial charge < -0.3 is 10.4 Å². The highest BCUT2D eigenvalue weighted by molar-refractivity contribution is 6.09. The summed E-state index contributed by atoms with van der Waals surface area (Å²) in [6.45, 7) is 0. The largest absolute Gasteiger partial charge is 0.507 e. The molecule has 3 N–H and O–H groups in total. The van der Waals surface area contributed by atoms with E-state index in [1.165, 1.54) is 0 Å². The van der Waals surface area contributed by atoms with Crippen LogP contribution in [-0.2, 0) is 0 Å². The topological polar surface area (TPSA) is 78.0 Å². The number of carbonyl (C=O) groups excluding carboxylic acids is 1. The lowest BCUT2D eigenvalue weighted by Gasteiger charge is -2.05. The summed E-state index contributed by atoms with van der Waals surface area (Å²) in [5.41, 5.74) is 0.628. The fourth-order valence-electron chi connectivity index (χ4n) is 1.92. The molecule has 0 spiro atoms. The molecule has 0 aliphatic rings. The van der Waals surface area contributed by atoms with Crippen LogP contribution in [0.5, 0.6) is 5.75 Å². The molecule has 2 aromatic carbocycles. The number of H-pyrrole nitrogens is 1. The molecule has 0 atom stereocenters. The molecule has 1 heterocycles. The first-order valence-electron chi connectivity index (χ1n) is 5.88. The summed E-state index contributed by atoms with van der Waals surface area (Å²) in [7, 11) is 0. The molecule has 6 heteroatoms. The second kappa shape index (κ2) is 4.65. The predicted octanol–water partition coefficient (Wildman–Crippen LogP) is 2.66. The normalized spacial score (nSPS) is 10.7. The molecular formula is C14H10FN3O2. The van der Waals surface area contributed by atoms with Crippen LogP contribution in [0.3, 0.4) is 0 Å². The van der Waals surface area contributed by atoms with Gasteiger partial charge in [-0.05, 0) is 30.3 Å². The van der Waals surface area contributed by atoms with Crippen LogP contribution in [0.15, 0.2) is 42.5 Å². The third-order valence-corrected chi connectivity index (χ3v) is 2.91. The lowest BCUT2D eigenvalue weighted by molar-refractivity contribution is 0.102. The predicted molar refractivity (Wildman–Crippen MR) is 72.1 cm³/mol. The summed E-state index contributed by atoms with van der Waals surface area (Å²) in [4.78, 5) is 12.0. The van der Waals surface area contributed by atoms with E-state index in [0.29, 0.717) is 5.82 Å². The fraction of sp³-hybridized carbons (Fsp3) is 0. The van der Waals surface area contributed by atoms with E-state index in [1.807, 2.05) is 18.2 Å². The Balaban J connectivity index is 1.94. The van der Waals surface area contributed by atoms with Gasteiger partial charge in [-0.1, -0.05) is 12.1 Å². The maximum atomic E-state index is 13.1. The van der Waals surface area contributed by atoms with Gasteiger partial charge in [0.25, 0.3) is 5.91 Å². The number of aromatic hydroxyl groups is 1. The van der Waals surface area contributed by atoms with Crippen molar-refractivity contribution in [1.82, 2.24) is 10.2 Å². The first kappa shape index (κ1) is 12.2. The molecule has 3 aromatic rings. The minimum Gasteiger partial charge on any atom is -0.507 e. The van der Waals surface area contributed by atoms with Crippen molar-refractivity contribution in [3.8, 4) is 5.75 Å². The lowest BCUT2D eigenvalue weighted by atomic mass is 10.2. The summed E-state index contributed by atoms with van der Waals surface area (Å²) < 4.78 is 13.1. The quantitative estimate of drug-likeness (QED) is 0.670. The molecule has 100 valence electrons. The zero-order chi connectivity index (χ0) is 14.1. The van der Waals surface area contributed by atoms with Gasteiger partial charge in [0.1, 0.15) is 11.6 Å². The standard InChI is InChI=1S/C14H10FN3O2/c15-8-5-6-12(19)10(7-8)14(20)16-13-9-3-1-2-4-11(9)17-18-13/h1-7,19H,(H2,16,17,18,20).